The number of hydrogen-bond acceptors (Lipinski definition) is 4. The Morgan fingerprint density at radius 1 is 1.11 bits per heavy atom. The number of pyridine rings is 1. The minimum atomic E-state index is -0.223. The molecule has 3 heterocycles. The topological polar surface area (TPSA) is 56.8 Å². The van der Waals surface area contributed by atoms with E-state index in [1.165, 1.54) is 5.56 Å². The first-order valence-corrected chi connectivity index (χ1v) is 9.88. The Morgan fingerprint density at radius 2 is 1.93 bits per heavy atom. The Morgan fingerprint density at radius 3 is 2.64 bits per heavy atom. The molecule has 2 saturated heterocycles. The molecule has 2 aliphatic rings. The summed E-state index contributed by atoms with van der Waals surface area (Å²) in [6.45, 7) is 6.05. The molecule has 2 aromatic rings. The monoisotopic (exact) mass is 378 g/mol. The van der Waals surface area contributed by atoms with Crippen LogP contribution < -0.4 is 4.90 Å². The number of hydrogen-bond donors (Lipinski definition) is 0. The van der Waals surface area contributed by atoms with Crippen LogP contribution >= 0.6 is 0 Å². The Bertz CT molecular complexity index is 847. The van der Waals surface area contributed by atoms with Crippen LogP contribution in [0.5, 0.6) is 0 Å². The van der Waals surface area contributed by atoms with Crippen LogP contribution in [-0.4, -0.2) is 59.3 Å². The Balaban J connectivity index is 1.32. The van der Waals surface area contributed by atoms with Crippen molar-refractivity contribution in [1.29, 1.82) is 0 Å². The number of carbonyl (C=O) groups is 2. The van der Waals surface area contributed by atoms with Crippen LogP contribution in [0.15, 0.2) is 48.7 Å². The lowest BCUT2D eigenvalue weighted by molar-refractivity contribution is -0.136. The molecule has 1 atom stereocenters. The zero-order valence-corrected chi connectivity index (χ0v) is 16.3. The third-order valence-corrected chi connectivity index (χ3v) is 5.58. The van der Waals surface area contributed by atoms with Crippen molar-refractivity contribution in [3.05, 3.63) is 59.8 Å². The standard InChI is InChI=1S/C22H26N4O2/c1-17-5-4-6-18(13-17)15-26-16-19(14-21(26)27)22(28)25-11-9-24(10-12-25)20-7-2-3-8-23-20/h2-8,13,19H,9-12,14-16H2,1H3. The predicted molar refractivity (Wildman–Crippen MR) is 108 cm³/mol. The number of likely N-dealkylation sites (tertiary alicyclic amines) is 1. The Kier molecular flexibility index (Phi) is 5.28. The lowest BCUT2D eigenvalue weighted by atomic mass is 10.1. The van der Waals surface area contributed by atoms with E-state index in [0.717, 1.165) is 24.5 Å². The molecular formula is C22H26N4O2. The number of nitrogens with zero attached hydrogens (tertiary/aromatic N) is 4. The van der Waals surface area contributed by atoms with E-state index in [2.05, 4.69) is 16.0 Å². The lowest BCUT2D eigenvalue weighted by Gasteiger charge is -2.36. The third kappa shape index (κ3) is 4.01. The average Bonchev–Trinajstić information content (AvgIpc) is 3.08. The van der Waals surface area contributed by atoms with Crippen LogP contribution in [0.4, 0.5) is 5.82 Å². The summed E-state index contributed by atoms with van der Waals surface area (Å²) >= 11 is 0. The van der Waals surface area contributed by atoms with Crippen molar-refractivity contribution in [2.75, 3.05) is 37.6 Å². The van der Waals surface area contributed by atoms with Gasteiger partial charge in [0.2, 0.25) is 11.8 Å². The van der Waals surface area contributed by atoms with Crippen molar-refractivity contribution in [3.63, 3.8) is 0 Å². The van der Waals surface area contributed by atoms with Crippen LogP contribution in [0.25, 0.3) is 0 Å². The van der Waals surface area contributed by atoms with Crippen LogP contribution in [0.2, 0.25) is 0 Å². The van der Waals surface area contributed by atoms with Crippen LogP contribution in [0.3, 0.4) is 0 Å². The van der Waals surface area contributed by atoms with E-state index in [1.54, 1.807) is 6.20 Å². The van der Waals surface area contributed by atoms with E-state index in [9.17, 15) is 9.59 Å². The fraction of sp³-hybridized carbons (Fsp3) is 0.409. The summed E-state index contributed by atoms with van der Waals surface area (Å²) in [6, 6.07) is 14.1. The quantitative estimate of drug-likeness (QED) is 0.818. The number of anilines is 1. The smallest absolute Gasteiger partial charge is 0.228 e. The predicted octanol–water partition coefficient (Wildman–Crippen LogP) is 2.09. The molecule has 4 rings (SSSR count). The van der Waals surface area contributed by atoms with Gasteiger partial charge in [-0.2, -0.15) is 0 Å². The number of rotatable bonds is 4. The largest absolute Gasteiger partial charge is 0.353 e. The highest BCUT2D eigenvalue weighted by Gasteiger charge is 2.37. The van der Waals surface area contributed by atoms with Gasteiger partial charge in [-0.05, 0) is 24.6 Å². The molecule has 1 aromatic heterocycles. The van der Waals surface area contributed by atoms with Crippen molar-refractivity contribution in [3.8, 4) is 0 Å². The highest BCUT2D eigenvalue weighted by molar-refractivity contribution is 5.89. The minimum Gasteiger partial charge on any atom is -0.353 e. The van der Waals surface area contributed by atoms with E-state index < -0.39 is 0 Å². The number of amides is 2. The van der Waals surface area contributed by atoms with Crippen molar-refractivity contribution < 1.29 is 9.59 Å². The summed E-state index contributed by atoms with van der Waals surface area (Å²) in [5.41, 5.74) is 2.30. The molecule has 146 valence electrons. The number of aromatic nitrogens is 1. The first kappa shape index (κ1) is 18.5. The van der Waals surface area contributed by atoms with Gasteiger partial charge in [0, 0.05) is 51.9 Å². The molecule has 0 aliphatic carbocycles. The van der Waals surface area contributed by atoms with Gasteiger partial charge in [-0.25, -0.2) is 4.98 Å². The molecule has 0 N–H and O–H groups in total. The zero-order valence-electron chi connectivity index (χ0n) is 16.3. The van der Waals surface area contributed by atoms with E-state index in [4.69, 9.17) is 0 Å². The SMILES string of the molecule is Cc1cccc(CN2CC(C(=O)N3CCN(c4ccccn4)CC3)CC2=O)c1. The van der Waals surface area contributed by atoms with E-state index >= 15 is 0 Å². The van der Waals surface area contributed by atoms with Gasteiger partial charge in [-0.15, -0.1) is 0 Å². The van der Waals surface area contributed by atoms with E-state index in [-0.39, 0.29) is 17.7 Å². The summed E-state index contributed by atoms with van der Waals surface area (Å²) < 4.78 is 0. The van der Waals surface area contributed by atoms with Crippen molar-refractivity contribution >= 4 is 17.6 Å². The maximum atomic E-state index is 13.0. The minimum absolute atomic E-state index is 0.0759. The van der Waals surface area contributed by atoms with E-state index in [0.29, 0.717) is 32.6 Å². The summed E-state index contributed by atoms with van der Waals surface area (Å²) in [4.78, 5) is 35.7. The maximum Gasteiger partial charge on any atom is 0.228 e. The lowest BCUT2D eigenvalue weighted by Crippen LogP contribution is -2.50. The molecule has 2 aliphatic heterocycles. The second-order valence-corrected chi connectivity index (χ2v) is 7.66. The van der Waals surface area contributed by atoms with Gasteiger partial charge in [0.05, 0.1) is 5.92 Å². The second kappa shape index (κ2) is 8.00. The molecule has 6 nitrogen and oxygen atoms in total. The highest BCUT2D eigenvalue weighted by Crippen LogP contribution is 2.23. The van der Waals surface area contributed by atoms with Crippen LogP contribution in [-0.2, 0) is 16.1 Å². The zero-order chi connectivity index (χ0) is 19.5. The average molecular weight is 378 g/mol. The Hall–Kier alpha value is -2.89. The van der Waals surface area contributed by atoms with Gasteiger partial charge >= 0.3 is 0 Å². The summed E-state index contributed by atoms with van der Waals surface area (Å²) in [5, 5.41) is 0. The van der Waals surface area contributed by atoms with Gasteiger partial charge in [0.1, 0.15) is 5.82 Å². The third-order valence-electron chi connectivity index (χ3n) is 5.58. The maximum absolute atomic E-state index is 13.0. The molecule has 0 saturated carbocycles. The molecule has 28 heavy (non-hydrogen) atoms. The van der Waals surface area contributed by atoms with Gasteiger partial charge < -0.3 is 14.7 Å². The molecule has 6 heteroatoms. The Labute approximate surface area is 165 Å². The normalized spacial score (nSPS) is 20.0. The molecule has 2 fully saturated rings. The summed E-state index contributed by atoms with van der Waals surface area (Å²) in [5.74, 6) is 0.918. The van der Waals surface area contributed by atoms with Gasteiger partial charge in [0.15, 0.2) is 0 Å². The van der Waals surface area contributed by atoms with Crippen LogP contribution in [0, 0.1) is 12.8 Å². The number of benzene rings is 1. The van der Waals surface area contributed by atoms with Crippen molar-refractivity contribution in [1.82, 2.24) is 14.8 Å². The molecule has 0 spiro atoms. The molecule has 1 unspecified atom stereocenters. The highest BCUT2D eigenvalue weighted by atomic mass is 16.2. The summed E-state index contributed by atoms with van der Waals surface area (Å²) in [7, 11) is 0. The number of aryl methyl sites for hydroxylation is 1. The summed E-state index contributed by atoms with van der Waals surface area (Å²) in [6.07, 6.45) is 2.12. The van der Waals surface area contributed by atoms with Crippen molar-refractivity contribution in [2.24, 2.45) is 5.92 Å². The van der Waals surface area contributed by atoms with Crippen molar-refractivity contribution in [2.45, 2.75) is 19.9 Å². The van der Waals surface area contributed by atoms with Gasteiger partial charge in [0.25, 0.3) is 0 Å². The molecule has 2 amide bonds. The molecule has 1 aromatic carbocycles. The number of carbonyl (C=O) groups excluding carboxylic acids is 2. The number of piperazine rings is 1. The van der Waals surface area contributed by atoms with Gasteiger partial charge in [-0.3, -0.25) is 9.59 Å². The van der Waals surface area contributed by atoms with E-state index in [1.807, 2.05) is 53.1 Å². The first-order valence-electron chi connectivity index (χ1n) is 9.88. The fourth-order valence-corrected chi connectivity index (χ4v) is 4.08. The van der Waals surface area contributed by atoms with Gasteiger partial charge in [-0.1, -0.05) is 35.9 Å². The molecular weight excluding hydrogens is 352 g/mol. The molecule has 0 bridgehead atoms. The van der Waals surface area contributed by atoms with Crippen LogP contribution in [0.1, 0.15) is 17.5 Å². The second-order valence-electron chi connectivity index (χ2n) is 7.66. The molecule has 0 radical (unpaired) electrons. The fourth-order valence-electron chi connectivity index (χ4n) is 4.08. The first-order chi connectivity index (χ1) is 13.6.